The molecule has 0 unspecified atom stereocenters. The average molecular weight is 286 g/mol. The molecule has 100 valence electrons. The van der Waals surface area contributed by atoms with Gasteiger partial charge in [0, 0.05) is 24.0 Å². The Kier molecular flexibility index (Phi) is 2.90. The number of nitrogens with zero attached hydrogens (tertiary/aromatic N) is 4. The van der Waals surface area contributed by atoms with Crippen molar-refractivity contribution in [3.05, 3.63) is 42.9 Å². The summed E-state index contributed by atoms with van der Waals surface area (Å²) in [7, 11) is -3.44. The summed E-state index contributed by atoms with van der Waals surface area (Å²) in [5, 5.41) is 0.708. The predicted octanol–water partition coefficient (Wildman–Crippen LogP) is 1.49. The molecule has 20 heavy (non-hydrogen) atoms. The highest BCUT2D eigenvalue weighted by atomic mass is 32.2. The van der Waals surface area contributed by atoms with Gasteiger partial charge in [0.1, 0.15) is 0 Å². The van der Waals surface area contributed by atoms with E-state index in [1.54, 1.807) is 18.5 Å². The molecule has 0 spiro atoms. The molecule has 0 aliphatic rings. The summed E-state index contributed by atoms with van der Waals surface area (Å²) in [6.07, 6.45) is 5.81. The first-order valence-corrected chi connectivity index (χ1v) is 7.67. The number of hydrogen-bond donors (Lipinski definition) is 0. The van der Waals surface area contributed by atoms with Crippen LogP contribution in [0.5, 0.6) is 0 Å². The van der Waals surface area contributed by atoms with Crippen molar-refractivity contribution in [2.45, 2.75) is 5.16 Å². The highest BCUT2D eigenvalue weighted by Crippen LogP contribution is 2.19. The van der Waals surface area contributed by atoms with E-state index >= 15 is 0 Å². The monoisotopic (exact) mass is 286 g/mol. The Bertz CT molecular complexity index is 894. The Morgan fingerprint density at radius 3 is 2.65 bits per heavy atom. The zero-order chi connectivity index (χ0) is 14.2. The third-order valence-corrected chi connectivity index (χ3v) is 3.58. The van der Waals surface area contributed by atoms with Gasteiger partial charge in [0.2, 0.25) is 15.0 Å². The molecule has 0 aromatic carbocycles. The lowest BCUT2D eigenvalue weighted by Crippen LogP contribution is -2.04. The summed E-state index contributed by atoms with van der Waals surface area (Å²) < 4.78 is 22.9. The summed E-state index contributed by atoms with van der Waals surface area (Å²) in [5.41, 5.74) is 1.82. The van der Waals surface area contributed by atoms with E-state index in [1.807, 2.05) is 18.2 Å². The molecule has 7 heteroatoms. The smallest absolute Gasteiger partial charge is 0.247 e. The lowest BCUT2D eigenvalue weighted by molar-refractivity contribution is 0.593. The molecule has 0 aliphatic heterocycles. The van der Waals surface area contributed by atoms with Crippen molar-refractivity contribution in [2.24, 2.45) is 0 Å². The van der Waals surface area contributed by atoms with Gasteiger partial charge in [-0.25, -0.2) is 18.4 Å². The summed E-state index contributed by atoms with van der Waals surface area (Å²) in [5.74, 6) is 0. The molecule has 0 amide bonds. The minimum Gasteiger partial charge on any atom is -0.255 e. The van der Waals surface area contributed by atoms with Crippen LogP contribution in [0, 0.1) is 0 Å². The van der Waals surface area contributed by atoms with Crippen LogP contribution in [-0.4, -0.2) is 34.6 Å². The van der Waals surface area contributed by atoms with Crippen molar-refractivity contribution in [3.63, 3.8) is 0 Å². The molecule has 0 atom stereocenters. The Morgan fingerprint density at radius 1 is 1.00 bits per heavy atom. The number of rotatable bonds is 2. The van der Waals surface area contributed by atoms with Crippen LogP contribution >= 0.6 is 0 Å². The van der Waals surface area contributed by atoms with Crippen molar-refractivity contribution in [1.29, 1.82) is 0 Å². The van der Waals surface area contributed by atoms with Crippen molar-refractivity contribution >= 4 is 20.7 Å². The van der Waals surface area contributed by atoms with Gasteiger partial charge in [-0.15, -0.1) is 0 Å². The number of hydrogen-bond acceptors (Lipinski definition) is 6. The van der Waals surface area contributed by atoms with Gasteiger partial charge in [-0.1, -0.05) is 6.07 Å². The molecule has 0 saturated carbocycles. The fourth-order valence-corrected chi connectivity index (χ4v) is 2.29. The van der Waals surface area contributed by atoms with Crippen molar-refractivity contribution in [3.8, 4) is 11.4 Å². The fourth-order valence-electron chi connectivity index (χ4n) is 1.78. The second kappa shape index (κ2) is 4.61. The van der Waals surface area contributed by atoms with Crippen molar-refractivity contribution in [2.75, 3.05) is 6.26 Å². The molecular weight excluding hydrogens is 276 g/mol. The SMILES string of the molecule is CS(=O)(=O)c1nccc(-c2cc3cccnc3cn2)n1. The van der Waals surface area contributed by atoms with Crippen LogP contribution in [0.25, 0.3) is 22.3 Å². The van der Waals surface area contributed by atoms with Crippen molar-refractivity contribution < 1.29 is 8.42 Å². The first kappa shape index (κ1) is 12.6. The molecule has 3 heterocycles. The van der Waals surface area contributed by atoms with E-state index in [2.05, 4.69) is 19.9 Å². The van der Waals surface area contributed by atoms with Gasteiger partial charge in [-0.2, -0.15) is 0 Å². The zero-order valence-electron chi connectivity index (χ0n) is 10.6. The van der Waals surface area contributed by atoms with Crippen LogP contribution in [0.4, 0.5) is 0 Å². The van der Waals surface area contributed by atoms with Crippen LogP contribution in [-0.2, 0) is 9.84 Å². The van der Waals surface area contributed by atoms with Crippen LogP contribution < -0.4 is 0 Å². The van der Waals surface area contributed by atoms with E-state index in [9.17, 15) is 8.42 Å². The van der Waals surface area contributed by atoms with Gasteiger partial charge in [-0.3, -0.25) is 9.97 Å². The third-order valence-electron chi connectivity index (χ3n) is 2.72. The van der Waals surface area contributed by atoms with E-state index in [0.29, 0.717) is 11.4 Å². The maximum atomic E-state index is 11.5. The van der Waals surface area contributed by atoms with Crippen LogP contribution in [0.1, 0.15) is 0 Å². The maximum absolute atomic E-state index is 11.5. The van der Waals surface area contributed by atoms with Gasteiger partial charge in [0.15, 0.2) is 0 Å². The Balaban J connectivity index is 2.16. The summed E-state index contributed by atoms with van der Waals surface area (Å²) in [6.45, 7) is 0. The Hall–Kier alpha value is -2.41. The molecule has 0 N–H and O–H groups in total. The molecule has 0 bridgehead atoms. The predicted molar refractivity (Wildman–Crippen MR) is 73.7 cm³/mol. The molecular formula is C13H10N4O2S. The van der Waals surface area contributed by atoms with Gasteiger partial charge < -0.3 is 0 Å². The maximum Gasteiger partial charge on any atom is 0.247 e. The van der Waals surface area contributed by atoms with Crippen LogP contribution in [0.3, 0.4) is 0 Å². The topological polar surface area (TPSA) is 85.7 Å². The van der Waals surface area contributed by atoms with E-state index in [-0.39, 0.29) is 5.16 Å². The minimum absolute atomic E-state index is 0.205. The second-order valence-electron chi connectivity index (χ2n) is 4.26. The van der Waals surface area contributed by atoms with Gasteiger partial charge in [0.25, 0.3) is 0 Å². The van der Waals surface area contributed by atoms with Gasteiger partial charge >= 0.3 is 0 Å². The number of sulfone groups is 1. The fraction of sp³-hybridized carbons (Fsp3) is 0.0769. The average Bonchev–Trinajstić information content (AvgIpc) is 2.46. The summed E-state index contributed by atoms with van der Waals surface area (Å²) >= 11 is 0. The highest BCUT2D eigenvalue weighted by Gasteiger charge is 2.12. The van der Waals surface area contributed by atoms with Gasteiger partial charge in [-0.05, 0) is 18.2 Å². The molecule has 3 rings (SSSR count). The molecule has 0 radical (unpaired) electrons. The molecule has 6 nitrogen and oxygen atoms in total. The molecule has 0 fully saturated rings. The lowest BCUT2D eigenvalue weighted by atomic mass is 10.2. The van der Waals surface area contributed by atoms with Crippen LogP contribution in [0.2, 0.25) is 0 Å². The van der Waals surface area contributed by atoms with E-state index in [1.165, 1.54) is 6.20 Å². The van der Waals surface area contributed by atoms with E-state index in [4.69, 9.17) is 0 Å². The molecule has 3 aromatic heterocycles. The largest absolute Gasteiger partial charge is 0.255 e. The summed E-state index contributed by atoms with van der Waals surface area (Å²) in [4.78, 5) is 16.2. The molecule has 0 saturated heterocycles. The van der Waals surface area contributed by atoms with E-state index in [0.717, 1.165) is 17.2 Å². The number of aromatic nitrogens is 4. The van der Waals surface area contributed by atoms with Crippen LogP contribution in [0.15, 0.2) is 48.0 Å². The first-order chi connectivity index (χ1) is 9.54. The second-order valence-corrected chi connectivity index (χ2v) is 6.17. The number of pyridine rings is 2. The molecule has 0 aliphatic carbocycles. The van der Waals surface area contributed by atoms with E-state index < -0.39 is 9.84 Å². The number of fused-ring (bicyclic) bond motifs is 1. The Labute approximate surface area is 115 Å². The third kappa shape index (κ3) is 2.35. The molecule has 3 aromatic rings. The normalized spacial score (nSPS) is 11.7. The van der Waals surface area contributed by atoms with Crippen molar-refractivity contribution in [1.82, 2.24) is 19.9 Å². The Morgan fingerprint density at radius 2 is 1.85 bits per heavy atom. The minimum atomic E-state index is -3.44. The van der Waals surface area contributed by atoms with Gasteiger partial charge in [0.05, 0.1) is 23.1 Å². The highest BCUT2D eigenvalue weighted by molar-refractivity contribution is 7.90. The first-order valence-electron chi connectivity index (χ1n) is 5.78. The quantitative estimate of drug-likeness (QED) is 0.663. The summed E-state index contributed by atoms with van der Waals surface area (Å²) in [6, 6.07) is 7.18. The standard InChI is InChI=1S/C13H10N4O2S/c1-20(18,19)13-15-6-4-10(17-13)11-7-9-3-2-5-14-12(9)8-16-11/h2-8H,1H3. The zero-order valence-corrected chi connectivity index (χ0v) is 11.4. The lowest BCUT2D eigenvalue weighted by Gasteiger charge is -2.03.